The average molecular weight is 400 g/mol. The molecule has 0 saturated heterocycles. The van der Waals surface area contributed by atoms with Crippen LogP contribution in [0.4, 0.5) is 11.4 Å². The summed E-state index contributed by atoms with van der Waals surface area (Å²) in [6.07, 6.45) is 3.18. The minimum atomic E-state index is -3.43. The van der Waals surface area contributed by atoms with Crippen molar-refractivity contribution in [3.63, 3.8) is 0 Å². The Balaban J connectivity index is 1.64. The summed E-state index contributed by atoms with van der Waals surface area (Å²) in [5, 5.41) is 3.40. The number of benzene rings is 2. The molecule has 0 amide bonds. The Hall–Kier alpha value is -2.80. The highest BCUT2D eigenvalue weighted by Crippen LogP contribution is 2.24. The van der Waals surface area contributed by atoms with Crippen LogP contribution in [-0.4, -0.2) is 18.1 Å². The highest BCUT2D eigenvalue weighted by molar-refractivity contribution is 7.94. The van der Waals surface area contributed by atoms with Gasteiger partial charge in [-0.15, -0.1) is 0 Å². The van der Waals surface area contributed by atoms with Crippen molar-refractivity contribution in [2.24, 2.45) is 0 Å². The normalized spacial score (nSPS) is 12.0. The molecule has 0 aliphatic rings. The average Bonchev–Trinajstić information content (AvgIpc) is 3.15. The molecule has 2 aromatic carbocycles. The third-order valence-corrected chi connectivity index (χ3v) is 6.52. The number of anilines is 2. The third kappa shape index (κ3) is 4.54. The van der Waals surface area contributed by atoms with Crippen molar-refractivity contribution in [3.05, 3.63) is 66.1 Å². The summed E-state index contributed by atoms with van der Waals surface area (Å²) in [4.78, 5) is 4.16. The molecule has 0 fully saturated rings. The number of aryl methyl sites for hydroxylation is 1. The number of oxazole rings is 1. The van der Waals surface area contributed by atoms with E-state index in [9.17, 15) is 8.42 Å². The largest absolute Gasteiger partial charge is 0.445 e. The van der Waals surface area contributed by atoms with Crippen molar-refractivity contribution in [3.8, 4) is 11.5 Å². The third-order valence-electron chi connectivity index (χ3n) is 4.40. The molecule has 3 aromatic rings. The fourth-order valence-electron chi connectivity index (χ4n) is 2.56. The topological polar surface area (TPSA) is 84.2 Å². The lowest BCUT2D eigenvalue weighted by Crippen LogP contribution is -2.33. The first-order chi connectivity index (χ1) is 13.2. The fourth-order valence-corrected chi connectivity index (χ4v) is 3.31. The molecule has 3 rings (SSSR count). The SMILES string of the molecule is Cc1cc(-c2ncco2)ccc1NCc1ccc(NS(=O)(=O)C(C)(C)C)cc1. The Labute approximate surface area is 166 Å². The molecule has 0 spiro atoms. The molecule has 6 nitrogen and oxygen atoms in total. The van der Waals surface area contributed by atoms with E-state index in [-0.39, 0.29) is 0 Å². The maximum Gasteiger partial charge on any atom is 0.237 e. The zero-order valence-electron chi connectivity index (χ0n) is 16.5. The minimum Gasteiger partial charge on any atom is -0.445 e. The number of nitrogens with zero attached hydrogens (tertiary/aromatic N) is 1. The van der Waals surface area contributed by atoms with E-state index in [1.54, 1.807) is 45.4 Å². The molecule has 0 saturated carbocycles. The number of sulfonamides is 1. The van der Waals surface area contributed by atoms with Gasteiger partial charge in [-0.3, -0.25) is 4.72 Å². The van der Waals surface area contributed by atoms with Gasteiger partial charge in [-0.25, -0.2) is 13.4 Å². The van der Waals surface area contributed by atoms with E-state index in [1.165, 1.54) is 0 Å². The van der Waals surface area contributed by atoms with Crippen LogP contribution in [0.15, 0.2) is 59.3 Å². The number of aromatic nitrogens is 1. The summed E-state index contributed by atoms with van der Waals surface area (Å²) in [5.41, 5.74) is 4.65. The second kappa shape index (κ2) is 7.67. The number of nitrogens with one attached hydrogen (secondary N) is 2. The van der Waals surface area contributed by atoms with E-state index < -0.39 is 14.8 Å². The van der Waals surface area contributed by atoms with Crippen LogP contribution >= 0.6 is 0 Å². The van der Waals surface area contributed by atoms with Crippen LogP contribution in [0.3, 0.4) is 0 Å². The summed E-state index contributed by atoms with van der Waals surface area (Å²) in [6.45, 7) is 7.67. The molecule has 0 bridgehead atoms. The summed E-state index contributed by atoms with van der Waals surface area (Å²) >= 11 is 0. The van der Waals surface area contributed by atoms with Gasteiger partial charge < -0.3 is 9.73 Å². The summed E-state index contributed by atoms with van der Waals surface area (Å²) < 4.78 is 31.6. The quantitative estimate of drug-likeness (QED) is 0.622. The predicted molar refractivity (Wildman–Crippen MR) is 113 cm³/mol. The van der Waals surface area contributed by atoms with Gasteiger partial charge in [-0.2, -0.15) is 0 Å². The van der Waals surface area contributed by atoms with Gasteiger partial charge in [0.1, 0.15) is 6.26 Å². The van der Waals surface area contributed by atoms with Gasteiger partial charge in [0, 0.05) is 23.5 Å². The lowest BCUT2D eigenvalue weighted by molar-refractivity contribution is 0.566. The molecule has 0 radical (unpaired) electrons. The molecule has 0 aliphatic heterocycles. The summed E-state index contributed by atoms with van der Waals surface area (Å²) in [6, 6.07) is 13.4. The Kier molecular flexibility index (Phi) is 5.47. The van der Waals surface area contributed by atoms with E-state index in [0.29, 0.717) is 18.1 Å². The first-order valence-electron chi connectivity index (χ1n) is 9.01. The number of hydrogen-bond acceptors (Lipinski definition) is 5. The zero-order chi connectivity index (χ0) is 20.4. The van der Waals surface area contributed by atoms with Gasteiger partial charge in [-0.05, 0) is 69.2 Å². The van der Waals surface area contributed by atoms with Crippen LogP contribution in [0.5, 0.6) is 0 Å². The van der Waals surface area contributed by atoms with E-state index in [0.717, 1.165) is 22.4 Å². The van der Waals surface area contributed by atoms with Gasteiger partial charge in [0.2, 0.25) is 15.9 Å². The van der Waals surface area contributed by atoms with Gasteiger partial charge in [0.15, 0.2) is 0 Å². The molecule has 28 heavy (non-hydrogen) atoms. The van der Waals surface area contributed by atoms with Crippen LogP contribution < -0.4 is 10.0 Å². The zero-order valence-corrected chi connectivity index (χ0v) is 17.3. The monoisotopic (exact) mass is 399 g/mol. The van der Waals surface area contributed by atoms with Crippen LogP contribution in [-0.2, 0) is 16.6 Å². The Bertz CT molecular complexity index is 1040. The van der Waals surface area contributed by atoms with Gasteiger partial charge in [0.25, 0.3) is 0 Å². The second-order valence-corrected chi connectivity index (χ2v) is 10.1. The van der Waals surface area contributed by atoms with Crippen LogP contribution in [0.2, 0.25) is 0 Å². The van der Waals surface area contributed by atoms with E-state index in [2.05, 4.69) is 15.0 Å². The Morgan fingerprint density at radius 3 is 2.36 bits per heavy atom. The molecule has 1 aromatic heterocycles. The first-order valence-corrected chi connectivity index (χ1v) is 10.5. The van der Waals surface area contributed by atoms with Crippen LogP contribution in [0.1, 0.15) is 31.9 Å². The lowest BCUT2D eigenvalue weighted by atomic mass is 10.1. The van der Waals surface area contributed by atoms with Crippen molar-refractivity contribution in [1.82, 2.24) is 4.98 Å². The molecule has 2 N–H and O–H groups in total. The number of rotatable bonds is 6. The van der Waals surface area contributed by atoms with E-state index in [4.69, 9.17) is 4.42 Å². The molecule has 148 valence electrons. The molecule has 1 heterocycles. The lowest BCUT2D eigenvalue weighted by Gasteiger charge is -2.20. The molecule has 0 unspecified atom stereocenters. The highest BCUT2D eigenvalue weighted by Gasteiger charge is 2.28. The fraction of sp³-hybridized carbons (Fsp3) is 0.286. The van der Waals surface area contributed by atoms with Crippen LogP contribution in [0.25, 0.3) is 11.5 Å². The summed E-state index contributed by atoms with van der Waals surface area (Å²) in [5.74, 6) is 0.600. The van der Waals surface area contributed by atoms with Crippen molar-refractivity contribution in [1.29, 1.82) is 0 Å². The van der Waals surface area contributed by atoms with E-state index in [1.807, 2.05) is 37.3 Å². The smallest absolute Gasteiger partial charge is 0.237 e. The van der Waals surface area contributed by atoms with Crippen molar-refractivity contribution in [2.45, 2.75) is 39.0 Å². The predicted octanol–water partition coefficient (Wildman–Crippen LogP) is 4.80. The van der Waals surface area contributed by atoms with Crippen molar-refractivity contribution < 1.29 is 12.8 Å². The number of hydrogen-bond donors (Lipinski definition) is 2. The van der Waals surface area contributed by atoms with Crippen LogP contribution in [0, 0.1) is 6.92 Å². The maximum atomic E-state index is 12.2. The second-order valence-electron chi connectivity index (χ2n) is 7.64. The highest BCUT2D eigenvalue weighted by atomic mass is 32.2. The molecular weight excluding hydrogens is 374 g/mol. The van der Waals surface area contributed by atoms with E-state index >= 15 is 0 Å². The Morgan fingerprint density at radius 2 is 1.79 bits per heavy atom. The maximum absolute atomic E-state index is 12.2. The molecule has 0 atom stereocenters. The van der Waals surface area contributed by atoms with Crippen molar-refractivity contribution in [2.75, 3.05) is 10.0 Å². The Morgan fingerprint density at radius 1 is 1.07 bits per heavy atom. The molecular formula is C21H25N3O3S. The van der Waals surface area contributed by atoms with Gasteiger partial charge >= 0.3 is 0 Å². The molecule has 0 aliphatic carbocycles. The van der Waals surface area contributed by atoms with Crippen molar-refractivity contribution >= 4 is 21.4 Å². The summed E-state index contributed by atoms with van der Waals surface area (Å²) in [7, 11) is -3.43. The van der Waals surface area contributed by atoms with Gasteiger partial charge in [-0.1, -0.05) is 12.1 Å². The van der Waals surface area contributed by atoms with Gasteiger partial charge in [0.05, 0.1) is 10.9 Å². The molecule has 7 heteroatoms. The minimum absolute atomic E-state index is 0.560. The standard InChI is InChI=1S/C21H25N3O3S/c1-15-13-17(20-22-11-12-27-20)7-10-19(15)23-14-16-5-8-18(9-6-16)24-28(25,26)21(2,3)4/h5-13,23-24H,14H2,1-4H3. The first kappa shape index (κ1) is 19.9.